The van der Waals surface area contributed by atoms with Gasteiger partial charge in [0.25, 0.3) is 0 Å². The fourth-order valence-electron chi connectivity index (χ4n) is 3.80. The van der Waals surface area contributed by atoms with E-state index in [9.17, 15) is 0 Å². The van der Waals surface area contributed by atoms with E-state index in [0.717, 1.165) is 35.7 Å². The zero-order valence-electron chi connectivity index (χ0n) is 16.2. The molecular formula is C24H26N2O2. The maximum atomic E-state index is 6.07. The molecule has 1 heterocycles. The van der Waals surface area contributed by atoms with Crippen LogP contribution in [-0.2, 0) is 19.6 Å². The lowest BCUT2D eigenvalue weighted by Crippen LogP contribution is -2.25. The average molecular weight is 374 g/mol. The molecule has 4 rings (SSSR count). The Morgan fingerprint density at radius 2 is 1.96 bits per heavy atom. The fourth-order valence-corrected chi connectivity index (χ4v) is 3.80. The molecule has 0 bridgehead atoms. The number of aromatic nitrogens is 1. The van der Waals surface area contributed by atoms with Gasteiger partial charge in [-0.15, -0.1) is 0 Å². The number of hydrogen-bond donors (Lipinski definition) is 1. The van der Waals surface area contributed by atoms with Gasteiger partial charge in [0.1, 0.15) is 18.1 Å². The third-order valence-corrected chi connectivity index (χ3v) is 5.28. The first kappa shape index (κ1) is 18.5. The van der Waals surface area contributed by atoms with Crippen molar-refractivity contribution in [2.45, 2.75) is 38.5 Å². The summed E-state index contributed by atoms with van der Waals surface area (Å²) in [6.45, 7) is 1.18. The van der Waals surface area contributed by atoms with Crippen molar-refractivity contribution in [3.05, 3.63) is 89.2 Å². The van der Waals surface area contributed by atoms with Gasteiger partial charge < -0.3 is 14.8 Å². The number of methoxy groups -OCH3 is 1. The van der Waals surface area contributed by atoms with E-state index in [1.54, 1.807) is 13.3 Å². The molecule has 0 spiro atoms. The molecule has 0 aliphatic heterocycles. The Morgan fingerprint density at radius 1 is 1.07 bits per heavy atom. The molecule has 2 aromatic carbocycles. The molecular weight excluding hydrogens is 348 g/mol. The summed E-state index contributed by atoms with van der Waals surface area (Å²) in [5.74, 6) is 1.70. The van der Waals surface area contributed by atoms with Crippen LogP contribution in [0, 0.1) is 0 Å². The number of rotatable bonds is 7. The van der Waals surface area contributed by atoms with Crippen molar-refractivity contribution in [2.24, 2.45) is 0 Å². The van der Waals surface area contributed by atoms with E-state index in [1.165, 1.54) is 24.0 Å². The van der Waals surface area contributed by atoms with Crippen molar-refractivity contribution >= 4 is 0 Å². The Kier molecular flexibility index (Phi) is 5.88. The molecule has 0 radical (unpaired) electrons. The molecule has 0 amide bonds. The van der Waals surface area contributed by atoms with Crippen LogP contribution >= 0.6 is 0 Å². The first-order valence-electron chi connectivity index (χ1n) is 9.84. The van der Waals surface area contributed by atoms with Gasteiger partial charge in [0.05, 0.1) is 12.8 Å². The first-order valence-corrected chi connectivity index (χ1v) is 9.84. The van der Waals surface area contributed by atoms with Gasteiger partial charge in [-0.3, -0.25) is 4.98 Å². The molecule has 1 unspecified atom stereocenters. The summed E-state index contributed by atoms with van der Waals surface area (Å²) in [6.07, 6.45) is 5.34. The lowest BCUT2D eigenvalue weighted by atomic mass is 9.87. The number of ether oxygens (including phenoxy) is 2. The highest BCUT2D eigenvalue weighted by Crippen LogP contribution is 2.31. The predicted octanol–water partition coefficient (Wildman–Crippen LogP) is 4.84. The number of pyridine rings is 1. The highest BCUT2D eigenvalue weighted by molar-refractivity contribution is 5.41. The Bertz CT molecular complexity index is 911. The Morgan fingerprint density at radius 3 is 2.82 bits per heavy atom. The summed E-state index contributed by atoms with van der Waals surface area (Å²) in [6, 6.07) is 21.0. The number of aryl methyl sites for hydroxylation is 1. The van der Waals surface area contributed by atoms with Crippen LogP contribution in [0.5, 0.6) is 11.5 Å². The van der Waals surface area contributed by atoms with E-state index in [0.29, 0.717) is 12.6 Å². The van der Waals surface area contributed by atoms with Crippen LogP contribution in [0.1, 0.15) is 41.3 Å². The quantitative estimate of drug-likeness (QED) is 0.643. The van der Waals surface area contributed by atoms with E-state index in [-0.39, 0.29) is 0 Å². The molecule has 0 fully saturated rings. The summed E-state index contributed by atoms with van der Waals surface area (Å²) in [5, 5.41) is 3.73. The Balaban J connectivity index is 1.49. The van der Waals surface area contributed by atoms with Gasteiger partial charge in [-0.1, -0.05) is 30.3 Å². The van der Waals surface area contributed by atoms with Gasteiger partial charge in [0, 0.05) is 24.3 Å². The van der Waals surface area contributed by atoms with Crippen LogP contribution in [0.4, 0.5) is 0 Å². The van der Waals surface area contributed by atoms with Gasteiger partial charge in [-0.25, -0.2) is 0 Å². The van der Waals surface area contributed by atoms with Crippen molar-refractivity contribution in [3.8, 4) is 11.5 Å². The van der Waals surface area contributed by atoms with Crippen LogP contribution in [-0.4, -0.2) is 12.1 Å². The second-order valence-corrected chi connectivity index (χ2v) is 7.11. The van der Waals surface area contributed by atoms with Crippen LogP contribution in [0.25, 0.3) is 0 Å². The van der Waals surface area contributed by atoms with Gasteiger partial charge in [0.2, 0.25) is 0 Å². The second-order valence-electron chi connectivity index (χ2n) is 7.11. The molecule has 28 heavy (non-hydrogen) atoms. The normalized spacial score (nSPS) is 15.7. The zero-order chi connectivity index (χ0) is 19.2. The van der Waals surface area contributed by atoms with Crippen LogP contribution < -0.4 is 14.8 Å². The highest BCUT2D eigenvalue weighted by Gasteiger charge is 2.19. The minimum atomic E-state index is 0.375. The molecule has 1 aliphatic carbocycles. The lowest BCUT2D eigenvalue weighted by Gasteiger charge is -2.27. The largest absolute Gasteiger partial charge is 0.497 e. The zero-order valence-corrected chi connectivity index (χ0v) is 16.2. The summed E-state index contributed by atoms with van der Waals surface area (Å²) >= 11 is 0. The lowest BCUT2D eigenvalue weighted by molar-refractivity contribution is 0.295. The minimum Gasteiger partial charge on any atom is -0.497 e. The van der Waals surface area contributed by atoms with Crippen LogP contribution in [0.2, 0.25) is 0 Å². The summed E-state index contributed by atoms with van der Waals surface area (Å²) < 4.78 is 11.5. The van der Waals surface area contributed by atoms with E-state index in [4.69, 9.17) is 9.47 Å². The van der Waals surface area contributed by atoms with E-state index < -0.39 is 0 Å². The van der Waals surface area contributed by atoms with Gasteiger partial charge in [-0.05, 0) is 60.7 Å². The standard InChI is InChI=1S/C24H26N2O2/c1-27-21-12-13-24(28-17-20-9-4-5-14-25-20)19(15-21)16-26-23-11-6-8-18-7-2-3-10-22(18)23/h2-5,7,9-10,12-15,23,26H,6,8,11,16-17H2,1H3. The summed E-state index contributed by atoms with van der Waals surface area (Å²) in [5.41, 5.74) is 4.90. The summed E-state index contributed by atoms with van der Waals surface area (Å²) in [7, 11) is 1.69. The maximum absolute atomic E-state index is 6.07. The maximum Gasteiger partial charge on any atom is 0.130 e. The van der Waals surface area contributed by atoms with Gasteiger partial charge >= 0.3 is 0 Å². The molecule has 1 N–H and O–H groups in total. The predicted molar refractivity (Wildman–Crippen MR) is 111 cm³/mol. The third kappa shape index (κ3) is 4.34. The molecule has 4 nitrogen and oxygen atoms in total. The molecule has 3 aromatic rings. The highest BCUT2D eigenvalue weighted by atomic mass is 16.5. The molecule has 0 saturated heterocycles. The van der Waals surface area contributed by atoms with Crippen molar-refractivity contribution in [1.82, 2.24) is 10.3 Å². The fraction of sp³-hybridized carbons (Fsp3) is 0.292. The summed E-state index contributed by atoms with van der Waals surface area (Å²) in [4.78, 5) is 4.34. The van der Waals surface area contributed by atoms with Crippen molar-refractivity contribution in [3.63, 3.8) is 0 Å². The van der Waals surface area contributed by atoms with Gasteiger partial charge in [0.15, 0.2) is 0 Å². The van der Waals surface area contributed by atoms with Crippen LogP contribution in [0.15, 0.2) is 66.9 Å². The number of benzene rings is 2. The molecule has 1 atom stereocenters. The Labute approximate surface area is 166 Å². The molecule has 1 aliphatic rings. The average Bonchev–Trinajstić information content (AvgIpc) is 2.77. The van der Waals surface area contributed by atoms with Crippen LogP contribution in [0.3, 0.4) is 0 Å². The molecule has 1 aromatic heterocycles. The molecule has 4 heteroatoms. The van der Waals surface area contributed by atoms with E-state index in [2.05, 4.69) is 40.6 Å². The third-order valence-electron chi connectivity index (χ3n) is 5.28. The SMILES string of the molecule is COc1ccc(OCc2ccccn2)c(CNC2CCCc3ccccc32)c1. The Hall–Kier alpha value is -2.85. The molecule has 144 valence electrons. The number of nitrogens with one attached hydrogen (secondary N) is 1. The van der Waals surface area contributed by atoms with E-state index >= 15 is 0 Å². The topological polar surface area (TPSA) is 43.4 Å². The number of nitrogens with zero attached hydrogens (tertiary/aromatic N) is 1. The number of fused-ring (bicyclic) bond motifs is 1. The molecule has 0 saturated carbocycles. The number of hydrogen-bond acceptors (Lipinski definition) is 4. The van der Waals surface area contributed by atoms with Crippen molar-refractivity contribution in [1.29, 1.82) is 0 Å². The minimum absolute atomic E-state index is 0.375. The monoisotopic (exact) mass is 374 g/mol. The smallest absolute Gasteiger partial charge is 0.130 e. The van der Waals surface area contributed by atoms with E-state index in [1.807, 2.05) is 30.3 Å². The second kappa shape index (κ2) is 8.89. The first-order chi connectivity index (χ1) is 13.8. The van der Waals surface area contributed by atoms with Gasteiger partial charge in [-0.2, -0.15) is 0 Å². The van der Waals surface area contributed by atoms with Crippen molar-refractivity contribution in [2.75, 3.05) is 7.11 Å². The van der Waals surface area contributed by atoms with Crippen molar-refractivity contribution < 1.29 is 9.47 Å².